The van der Waals surface area contributed by atoms with Gasteiger partial charge in [0.1, 0.15) is 0 Å². The molecule has 1 heterocycles. The third-order valence-electron chi connectivity index (χ3n) is 3.88. The maximum atomic E-state index is 4.53. The van der Waals surface area contributed by atoms with Gasteiger partial charge in [0.05, 0.1) is 0 Å². The third-order valence-corrected chi connectivity index (χ3v) is 4.32. The summed E-state index contributed by atoms with van der Waals surface area (Å²) in [4.78, 5) is 2.53. The minimum absolute atomic E-state index is 0.513. The summed E-state index contributed by atoms with van der Waals surface area (Å²) in [6.07, 6.45) is 0. The van der Waals surface area contributed by atoms with Gasteiger partial charge in [0.2, 0.25) is 0 Å². The molecule has 98 valence electrons. The van der Waals surface area contributed by atoms with E-state index in [2.05, 4.69) is 72.1 Å². The molecule has 3 rings (SSSR count). The molecule has 1 atom stereocenters. The van der Waals surface area contributed by atoms with E-state index in [-0.39, 0.29) is 0 Å². The quantitative estimate of drug-likeness (QED) is 0.828. The van der Waals surface area contributed by atoms with Crippen LogP contribution in [0, 0.1) is 0 Å². The summed E-state index contributed by atoms with van der Waals surface area (Å²) in [6, 6.07) is 19.5. The summed E-state index contributed by atoms with van der Waals surface area (Å²) in [6.45, 7) is 3.24. The van der Waals surface area contributed by atoms with Gasteiger partial charge < -0.3 is 0 Å². The fraction of sp³-hybridized carbons (Fsp3) is 0.294. The summed E-state index contributed by atoms with van der Waals surface area (Å²) in [7, 11) is 0. The fourth-order valence-corrected chi connectivity index (χ4v) is 3.16. The Hall–Kier alpha value is -1.25. The first-order valence-corrected chi connectivity index (χ1v) is 7.45. The van der Waals surface area contributed by atoms with Gasteiger partial charge in [-0.2, -0.15) is 12.6 Å². The van der Waals surface area contributed by atoms with E-state index in [1.54, 1.807) is 0 Å². The van der Waals surface area contributed by atoms with E-state index in [1.807, 2.05) is 0 Å². The van der Waals surface area contributed by atoms with Gasteiger partial charge in [-0.15, -0.1) is 0 Å². The summed E-state index contributed by atoms with van der Waals surface area (Å²) in [5, 5.41) is 0. The lowest BCUT2D eigenvalue weighted by Crippen LogP contribution is -2.24. The van der Waals surface area contributed by atoms with Gasteiger partial charge in [-0.05, 0) is 22.4 Å². The van der Waals surface area contributed by atoms with Crippen molar-refractivity contribution in [3.8, 4) is 0 Å². The summed E-state index contributed by atoms with van der Waals surface area (Å²) < 4.78 is 0. The Morgan fingerprint density at radius 2 is 1.47 bits per heavy atom. The summed E-state index contributed by atoms with van der Waals surface area (Å²) >= 11 is 4.53. The molecule has 0 fully saturated rings. The fourth-order valence-electron chi connectivity index (χ4n) is 2.84. The van der Waals surface area contributed by atoms with Crippen LogP contribution < -0.4 is 0 Å². The number of hydrogen-bond donors (Lipinski definition) is 1. The highest BCUT2D eigenvalue weighted by Gasteiger charge is 2.21. The highest BCUT2D eigenvalue weighted by molar-refractivity contribution is 7.80. The van der Waals surface area contributed by atoms with Crippen LogP contribution >= 0.6 is 12.6 Å². The number of benzene rings is 2. The predicted octanol–water partition coefficient (Wildman–Crippen LogP) is 3.72. The van der Waals surface area contributed by atoms with Crippen LogP contribution in [0.4, 0.5) is 0 Å². The van der Waals surface area contributed by atoms with Crippen LogP contribution in [0.3, 0.4) is 0 Å². The van der Waals surface area contributed by atoms with Crippen LogP contribution in [0.25, 0.3) is 0 Å². The van der Waals surface area contributed by atoms with Gasteiger partial charge in [-0.25, -0.2) is 0 Å². The second-order valence-electron chi connectivity index (χ2n) is 5.23. The van der Waals surface area contributed by atoms with E-state index in [4.69, 9.17) is 0 Å². The second-order valence-corrected chi connectivity index (χ2v) is 5.59. The van der Waals surface area contributed by atoms with Crippen molar-refractivity contribution in [1.82, 2.24) is 4.90 Å². The van der Waals surface area contributed by atoms with Crippen molar-refractivity contribution in [2.24, 2.45) is 0 Å². The molecule has 1 nitrogen and oxygen atoms in total. The highest BCUT2D eigenvalue weighted by atomic mass is 32.1. The van der Waals surface area contributed by atoms with E-state index in [0.717, 1.165) is 25.4 Å². The molecule has 0 saturated carbocycles. The second kappa shape index (κ2) is 5.81. The van der Waals surface area contributed by atoms with Gasteiger partial charge in [0, 0.05) is 25.6 Å². The molecule has 0 aromatic heterocycles. The standard InChI is InChI=1S/C17H19NS/c19-13-17(14-6-2-1-3-7-14)12-18-10-15-8-4-5-9-16(15)11-18/h1-9,17,19H,10-13H2. The van der Waals surface area contributed by atoms with Gasteiger partial charge in [-0.3, -0.25) is 4.90 Å². The van der Waals surface area contributed by atoms with Crippen molar-refractivity contribution in [2.45, 2.75) is 19.0 Å². The minimum Gasteiger partial charge on any atom is -0.294 e. The monoisotopic (exact) mass is 269 g/mol. The Bertz CT molecular complexity index is 513. The van der Waals surface area contributed by atoms with Crippen molar-refractivity contribution >= 4 is 12.6 Å². The molecular formula is C17H19NS. The van der Waals surface area contributed by atoms with Crippen LogP contribution in [0.5, 0.6) is 0 Å². The van der Waals surface area contributed by atoms with E-state index < -0.39 is 0 Å². The Morgan fingerprint density at radius 1 is 0.895 bits per heavy atom. The van der Waals surface area contributed by atoms with Crippen LogP contribution in [0.15, 0.2) is 54.6 Å². The SMILES string of the molecule is SCC(CN1Cc2ccccc2C1)c1ccccc1. The molecule has 2 aromatic rings. The van der Waals surface area contributed by atoms with Crippen molar-refractivity contribution in [3.63, 3.8) is 0 Å². The lowest BCUT2D eigenvalue weighted by Gasteiger charge is -2.22. The lowest BCUT2D eigenvalue weighted by atomic mass is 10.0. The molecule has 0 radical (unpaired) electrons. The first kappa shape index (κ1) is 12.8. The highest BCUT2D eigenvalue weighted by Crippen LogP contribution is 2.26. The zero-order valence-corrected chi connectivity index (χ0v) is 11.9. The number of rotatable bonds is 4. The van der Waals surface area contributed by atoms with E-state index in [0.29, 0.717) is 5.92 Å². The zero-order valence-electron chi connectivity index (χ0n) is 11.0. The number of hydrogen-bond acceptors (Lipinski definition) is 2. The Balaban J connectivity index is 1.69. The molecule has 0 N–H and O–H groups in total. The van der Waals surface area contributed by atoms with Gasteiger partial charge in [0.25, 0.3) is 0 Å². The number of nitrogens with zero attached hydrogens (tertiary/aromatic N) is 1. The predicted molar refractivity (Wildman–Crippen MR) is 83.6 cm³/mol. The number of thiol groups is 1. The molecule has 2 heteroatoms. The zero-order chi connectivity index (χ0) is 13.1. The molecule has 1 unspecified atom stereocenters. The topological polar surface area (TPSA) is 3.24 Å². The summed E-state index contributed by atoms with van der Waals surface area (Å²) in [5.74, 6) is 1.41. The van der Waals surface area contributed by atoms with Crippen molar-refractivity contribution in [3.05, 3.63) is 71.3 Å². The smallest absolute Gasteiger partial charge is 0.0240 e. The Morgan fingerprint density at radius 3 is 2.05 bits per heavy atom. The van der Waals surface area contributed by atoms with Crippen LogP contribution in [0.2, 0.25) is 0 Å². The van der Waals surface area contributed by atoms with E-state index in [1.165, 1.54) is 16.7 Å². The maximum absolute atomic E-state index is 4.53. The molecule has 1 aliphatic rings. The minimum atomic E-state index is 0.513. The van der Waals surface area contributed by atoms with Crippen LogP contribution in [-0.4, -0.2) is 17.2 Å². The number of fused-ring (bicyclic) bond motifs is 1. The molecule has 0 saturated heterocycles. The van der Waals surface area contributed by atoms with E-state index in [9.17, 15) is 0 Å². The Labute approximate surface area is 120 Å². The Kier molecular flexibility index (Phi) is 3.90. The van der Waals surface area contributed by atoms with Crippen LogP contribution in [0.1, 0.15) is 22.6 Å². The molecule has 1 aliphatic heterocycles. The molecular weight excluding hydrogens is 250 g/mol. The normalized spacial score (nSPS) is 16.3. The largest absolute Gasteiger partial charge is 0.294 e. The molecule has 0 spiro atoms. The molecule has 0 bridgehead atoms. The van der Waals surface area contributed by atoms with Gasteiger partial charge in [0.15, 0.2) is 0 Å². The first-order chi connectivity index (χ1) is 9.36. The molecule has 0 amide bonds. The molecule has 0 aliphatic carbocycles. The first-order valence-electron chi connectivity index (χ1n) is 6.82. The van der Waals surface area contributed by atoms with Gasteiger partial charge in [-0.1, -0.05) is 54.6 Å². The summed E-state index contributed by atoms with van der Waals surface area (Å²) in [5.41, 5.74) is 4.36. The van der Waals surface area contributed by atoms with Crippen molar-refractivity contribution < 1.29 is 0 Å². The van der Waals surface area contributed by atoms with E-state index >= 15 is 0 Å². The molecule has 19 heavy (non-hydrogen) atoms. The average Bonchev–Trinajstić information content (AvgIpc) is 2.88. The van der Waals surface area contributed by atoms with Crippen molar-refractivity contribution in [2.75, 3.05) is 12.3 Å². The van der Waals surface area contributed by atoms with Crippen molar-refractivity contribution in [1.29, 1.82) is 0 Å². The molecule has 2 aromatic carbocycles. The maximum Gasteiger partial charge on any atom is 0.0240 e. The average molecular weight is 269 g/mol. The third kappa shape index (κ3) is 2.85. The lowest BCUT2D eigenvalue weighted by molar-refractivity contribution is 0.271. The van der Waals surface area contributed by atoms with Gasteiger partial charge >= 0.3 is 0 Å². The van der Waals surface area contributed by atoms with Crippen LogP contribution in [-0.2, 0) is 13.1 Å².